The first-order valence-electron chi connectivity index (χ1n) is 3.60. The lowest BCUT2D eigenvalue weighted by atomic mass is 10.5. The van der Waals surface area contributed by atoms with E-state index < -0.39 is 0 Å². The van der Waals surface area contributed by atoms with Crippen molar-refractivity contribution >= 4 is 47.0 Å². The highest BCUT2D eigenvalue weighted by atomic mass is 127. The van der Waals surface area contributed by atoms with Gasteiger partial charge in [0.05, 0.1) is 0 Å². The Morgan fingerprint density at radius 3 is 2.75 bits per heavy atom. The van der Waals surface area contributed by atoms with Crippen molar-refractivity contribution in [1.29, 1.82) is 0 Å². The number of aromatic nitrogens is 1. The molecule has 0 bridgehead atoms. The molecule has 1 atom stereocenters. The van der Waals surface area contributed by atoms with Crippen molar-refractivity contribution in [2.75, 3.05) is 11.5 Å². The van der Waals surface area contributed by atoms with Crippen molar-refractivity contribution < 1.29 is 0 Å². The molecule has 1 aromatic heterocycles. The lowest BCUT2D eigenvalue weighted by molar-refractivity contribution is 1.19. The smallest absolute Gasteiger partial charge is 0.0292 e. The summed E-state index contributed by atoms with van der Waals surface area (Å²) in [5.41, 5.74) is 0. The van der Waals surface area contributed by atoms with Crippen molar-refractivity contribution in [1.82, 2.24) is 4.98 Å². The lowest BCUT2D eigenvalue weighted by Gasteiger charge is -2.04. The number of hydrogen-bond acceptors (Lipinski definition) is 3. The summed E-state index contributed by atoms with van der Waals surface area (Å²) < 4.78 is 0.643. The Kier molecular flexibility index (Phi) is 5.42. The van der Waals surface area contributed by atoms with E-state index in [0.29, 0.717) is 3.92 Å². The van der Waals surface area contributed by atoms with Gasteiger partial charge in [0.15, 0.2) is 0 Å². The number of hydrogen-bond donors (Lipinski definition) is 1. The minimum atomic E-state index is 0.643. The van der Waals surface area contributed by atoms with E-state index in [1.165, 1.54) is 4.90 Å². The summed E-state index contributed by atoms with van der Waals surface area (Å²) in [5.74, 6) is 2.06. The van der Waals surface area contributed by atoms with E-state index in [4.69, 9.17) is 0 Å². The molecule has 0 aliphatic carbocycles. The normalized spacial score (nSPS) is 12.8. The molecule has 0 spiro atoms. The second-order valence-corrected chi connectivity index (χ2v) is 5.49. The molecule has 0 saturated heterocycles. The summed E-state index contributed by atoms with van der Waals surface area (Å²) in [6.45, 7) is 0. The van der Waals surface area contributed by atoms with Crippen LogP contribution in [0.2, 0.25) is 0 Å². The Morgan fingerprint density at radius 1 is 1.50 bits per heavy atom. The van der Waals surface area contributed by atoms with Crippen LogP contribution in [0.5, 0.6) is 0 Å². The zero-order valence-electron chi connectivity index (χ0n) is 6.48. The van der Waals surface area contributed by atoms with Crippen LogP contribution < -0.4 is 0 Å². The molecule has 66 valence electrons. The number of pyridine rings is 1. The average Bonchev–Trinajstić information content (AvgIpc) is 2.16. The highest BCUT2D eigenvalue weighted by molar-refractivity contribution is 14.1. The van der Waals surface area contributed by atoms with E-state index in [0.717, 1.165) is 11.5 Å². The summed E-state index contributed by atoms with van der Waals surface area (Å²) in [4.78, 5) is 5.25. The molecular formula is C8H10INS2. The van der Waals surface area contributed by atoms with Crippen LogP contribution in [0.4, 0.5) is 0 Å². The second kappa shape index (κ2) is 6.10. The van der Waals surface area contributed by atoms with Gasteiger partial charge in [-0.2, -0.15) is 12.6 Å². The zero-order valence-corrected chi connectivity index (χ0v) is 10.4. The molecule has 12 heavy (non-hydrogen) atoms. The third kappa shape index (κ3) is 4.00. The molecule has 0 radical (unpaired) electrons. The van der Waals surface area contributed by atoms with Crippen molar-refractivity contribution in [2.24, 2.45) is 0 Å². The summed E-state index contributed by atoms with van der Waals surface area (Å²) in [6, 6.07) is 4.07. The monoisotopic (exact) mass is 311 g/mol. The standard InChI is InChI=1S/C8H10INS2/c9-7(5-11)6-12-8-1-3-10-4-2-8/h1-4,7,11H,5-6H2. The number of nitrogens with zero attached hydrogens (tertiary/aromatic N) is 1. The topological polar surface area (TPSA) is 12.9 Å². The molecule has 0 aliphatic heterocycles. The van der Waals surface area contributed by atoms with Crippen molar-refractivity contribution in [3.8, 4) is 0 Å². The third-order valence-electron chi connectivity index (χ3n) is 1.28. The van der Waals surface area contributed by atoms with E-state index >= 15 is 0 Å². The van der Waals surface area contributed by atoms with E-state index in [1.807, 2.05) is 36.3 Å². The number of halogens is 1. The fourth-order valence-electron chi connectivity index (χ4n) is 0.674. The maximum Gasteiger partial charge on any atom is 0.0292 e. The predicted molar refractivity (Wildman–Crippen MR) is 66.6 cm³/mol. The van der Waals surface area contributed by atoms with Gasteiger partial charge in [-0.25, -0.2) is 0 Å². The first-order chi connectivity index (χ1) is 5.83. The first-order valence-corrected chi connectivity index (χ1v) is 6.47. The molecule has 4 heteroatoms. The van der Waals surface area contributed by atoms with E-state index in [1.54, 1.807) is 0 Å². The SMILES string of the molecule is SCC(I)CSc1ccncc1. The molecule has 1 nitrogen and oxygen atoms in total. The number of rotatable bonds is 4. The van der Waals surface area contributed by atoms with Gasteiger partial charge in [0.1, 0.15) is 0 Å². The number of thiol groups is 1. The van der Waals surface area contributed by atoms with Crippen LogP contribution in [0, 0.1) is 0 Å². The number of thioether (sulfide) groups is 1. The highest BCUT2D eigenvalue weighted by Crippen LogP contribution is 2.20. The Morgan fingerprint density at radius 2 is 2.17 bits per heavy atom. The summed E-state index contributed by atoms with van der Waals surface area (Å²) >= 11 is 8.50. The van der Waals surface area contributed by atoms with Crippen molar-refractivity contribution in [2.45, 2.75) is 8.82 Å². The van der Waals surface area contributed by atoms with Crippen LogP contribution in [0.1, 0.15) is 0 Å². The van der Waals surface area contributed by atoms with Crippen LogP contribution in [0.3, 0.4) is 0 Å². The van der Waals surface area contributed by atoms with Crippen LogP contribution >= 0.6 is 47.0 Å². The van der Waals surface area contributed by atoms with Crippen LogP contribution in [-0.4, -0.2) is 20.4 Å². The molecule has 1 unspecified atom stereocenters. The molecule has 1 rings (SSSR count). The van der Waals surface area contributed by atoms with Gasteiger partial charge in [-0.15, -0.1) is 11.8 Å². The Hall–Kier alpha value is 0.580. The molecule has 0 saturated carbocycles. The highest BCUT2D eigenvalue weighted by Gasteiger charge is 2.01. The minimum Gasteiger partial charge on any atom is -0.265 e. The molecule has 0 aliphatic rings. The predicted octanol–water partition coefficient (Wildman–Crippen LogP) is 2.91. The molecule has 1 aromatic rings. The maximum atomic E-state index is 4.23. The second-order valence-electron chi connectivity index (χ2n) is 2.27. The molecule has 1 heterocycles. The van der Waals surface area contributed by atoms with Gasteiger partial charge in [0.2, 0.25) is 0 Å². The van der Waals surface area contributed by atoms with Gasteiger partial charge < -0.3 is 0 Å². The quantitative estimate of drug-likeness (QED) is 0.397. The maximum absolute atomic E-state index is 4.23. The van der Waals surface area contributed by atoms with E-state index in [2.05, 4.69) is 40.2 Å². The zero-order chi connectivity index (χ0) is 8.81. The Bertz CT molecular complexity index is 218. The van der Waals surface area contributed by atoms with Gasteiger partial charge in [-0.05, 0) is 12.1 Å². The molecule has 0 N–H and O–H groups in total. The largest absolute Gasteiger partial charge is 0.265 e. The summed E-state index contributed by atoms with van der Waals surface area (Å²) in [6.07, 6.45) is 3.65. The molecular weight excluding hydrogens is 301 g/mol. The lowest BCUT2D eigenvalue weighted by Crippen LogP contribution is -2.01. The van der Waals surface area contributed by atoms with E-state index in [-0.39, 0.29) is 0 Å². The van der Waals surface area contributed by atoms with Crippen LogP contribution in [0.25, 0.3) is 0 Å². The number of alkyl halides is 1. The average molecular weight is 311 g/mol. The van der Waals surface area contributed by atoms with Crippen LogP contribution in [-0.2, 0) is 0 Å². The first kappa shape index (κ1) is 10.7. The molecule has 0 aromatic carbocycles. The minimum absolute atomic E-state index is 0.643. The van der Waals surface area contributed by atoms with E-state index in [9.17, 15) is 0 Å². The van der Waals surface area contributed by atoms with Gasteiger partial charge in [-0.3, -0.25) is 4.98 Å². The fourth-order valence-corrected chi connectivity index (χ4v) is 2.32. The third-order valence-corrected chi connectivity index (χ3v) is 5.07. The van der Waals surface area contributed by atoms with Gasteiger partial charge >= 0.3 is 0 Å². The van der Waals surface area contributed by atoms with Crippen molar-refractivity contribution in [3.05, 3.63) is 24.5 Å². The summed E-state index contributed by atoms with van der Waals surface area (Å²) in [5, 5.41) is 0. The summed E-state index contributed by atoms with van der Waals surface area (Å²) in [7, 11) is 0. The van der Waals surface area contributed by atoms with Gasteiger partial charge in [0.25, 0.3) is 0 Å². The van der Waals surface area contributed by atoms with Crippen LogP contribution in [0.15, 0.2) is 29.4 Å². The Balaban J connectivity index is 2.33. The van der Waals surface area contributed by atoms with Gasteiger partial charge in [-0.1, -0.05) is 22.6 Å². The van der Waals surface area contributed by atoms with Crippen molar-refractivity contribution in [3.63, 3.8) is 0 Å². The molecule has 0 fully saturated rings. The fraction of sp³-hybridized carbons (Fsp3) is 0.375. The Labute approximate surface area is 96.3 Å². The molecule has 0 amide bonds. The van der Waals surface area contributed by atoms with Gasteiger partial charge in [0, 0.05) is 32.7 Å².